The van der Waals surface area contributed by atoms with E-state index in [4.69, 9.17) is 0 Å². The Balaban J connectivity index is 2.23. The third-order valence-corrected chi connectivity index (χ3v) is 4.96. The van der Waals surface area contributed by atoms with Crippen molar-refractivity contribution in [3.8, 4) is 0 Å². The van der Waals surface area contributed by atoms with Crippen molar-refractivity contribution in [2.24, 2.45) is 9.98 Å². The van der Waals surface area contributed by atoms with Crippen LogP contribution in [0.25, 0.3) is 0 Å². The molecule has 0 radical (unpaired) electrons. The van der Waals surface area contributed by atoms with Crippen molar-refractivity contribution in [2.45, 2.75) is 9.79 Å². The van der Waals surface area contributed by atoms with Crippen molar-refractivity contribution in [1.29, 1.82) is 0 Å². The Labute approximate surface area is 149 Å². The second-order valence-electron chi connectivity index (χ2n) is 5.91. The Morgan fingerprint density at radius 3 is 1.28 bits per heavy atom. The van der Waals surface area contributed by atoms with Crippen LogP contribution in [0.4, 0.5) is 11.4 Å². The minimum atomic E-state index is -3.56. The average Bonchev–Trinajstić information content (AvgIpc) is 2.59. The fourth-order valence-electron chi connectivity index (χ4n) is 1.92. The number of nitrogens with zero attached hydrogens (tertiary/aromatic N) is 4. The number of benzene rings is 2. The molecule has 132 valence electrons. The van der Waals surface area contributed by atoms with Crippen molar-refractivity contribution in [3.63, 3.8) is 0 Å². The molecule has 0 spiro atoms. The predicted molar refractivity (Wildman–Crippen MR) is 102 cm³/mol. The summed E-state index contributed by atoms with van der Waals surface area (Å²) < 4.78 is 25.4. The molecule has 0 amide bonds. The molecule has 0 saturated carbocycles. The lowest BCUT2D eigenvalue weighted by Crippen LogP contribution is -2.07. The first-order valence-corrected chi connectivity index (χ1v) is 9.14. The minimum absolute atomic E-state index is 0.237. The van der Waals surface area contributed by atoms with Crippen LogP contribution in [0.5, 0.6) is 0 Å². The van der Waals surface area contributed by atoms with Crippen molar-refractivity contribution in [3.05, 3.63) is 48.5 Å². The van der Waals surface area contributed by atoms with E-state index in [2.05, 4.69) is 9.98 Å². The molecule has 0 aliphatic carbocycles. The highest BCUT2D eigenvalue weighted by Gasteiger charge is 2.17. The molecular weight excluding hydrogens is 336 g/mol. The summed E-state index contributed by atoms with van der Waals surface area (Å²) in [6.45, 7) is 0. The third-order valence-electron chi connectivity index (χ3n) is 3.17. The third kappa shape index (κ3) is 5.15. The van der Waals surface area contributed by atoms with E-state index in [1.165, 1.54) is 0 Å². The predicted octanol–water partition coefficient (Wildman–Crippen LogP) is 2.96. The SMILES string of the molecule is CN(C)C=Nc1ccc(S(=O)(=O)c2ccc(N=CN(C)C)cc2)cc1. The monoisotopic (exact) mass is 358 g/mol. The zero-order valence-corrected chi connectivity index (χ0v) is 15.6. The maximum absolute atomic E-state index is 12.7. The van der Waals surface area contributed by atoms with Gasteiger partial charge in [-0.05, 0) is 48.5 Å². The van der Waals surface area contributed by atoms with E-state index in [0.29, 0.717) is 11.4 Å². The van der Waals surface area contributed by atoms with Gasteiger partial charge in [-0.25, -0.2) is 18.4 Å². The van der Waals surface area contributed by atoms with Gasteiger partial charge in [-0.15, -0.1) is 0 Å². The smallest absolute Gasteiger partial charge is 0.206 e. The molecule has 0 aromatic heterocycles. The van der Waals surface area contributed by atoms with Gasteiger partial charge in [-0.3, -0.25) is 0 Å². The Bertz CT molecular complexity index is 785. The number of aliphatic imine (C=N–C) groups is 2. The lowest BCUT2D eigenvalue weighted by molar-refractivity contribution is 0.596. The van der Waals surface area contributed by atoms with Crippen LogP contribution in [0.1, 0.15) is 0 Å². The van der Waals surface area contributed by atoms with Crippen LogP contribution in [0, 0.1) is 0 Å². The number of hydrogen-bond acceptors (Lipinski definition) is 4. The van der Waals surface area contributed by atoms with Crippen LogP contribution in [-0.4, -0.2) is 59.1 Å². The first kappa shape index (κ1) is 18.7. The maximum atomic E-state index is 12.7. The standard InChI is InChI=1S/C18H22N4O2S/c1-21(2)13-19-15-5-9-17(10-6-15)25(23,24)18-11-7-16(8-12-18)20-14-22(3)4/h5-14H,1-4H3. The summed E-state index contributed by atoms with van der Waals surface area (Å²) in [5, 5.41) is 0. The normalized spacial score (nSPS) is 12.0. The Kier molecular flexibility index (Phi) is 5.93. The Morgan fingerprint density at radius 2 is 1.00 bits per heavy atom. The van der Waals surface area contributed by atoms with Crippen LogP contribution in [0.15, 0.2) is 68.3 Å². The van der Waals surface area contributed by atoms with Gasteiger partial charge in [0.05, 0.1) is 33.8 Å². The van der Waals surface area contributed by atoms with Gasteiger partial charge in [0.15, 0.2) is 0 Å². The lowest BCUT2D eigenvalue weighted by Gasteiger charge is -2.06. The van der Waals surface area contributed by atoms with Crippen molar-refractivity contribution in [1.82, 2.24) is 9.80 Å². The zero-order chi connectivity index (χ0) is 18.4. The second kappa shape index (κ2) is 7.94. The first-order chi connectivity index (χ1) is 11.8. The molecule has 2 rings (SSSR count). The van der Waals surface area contributed by atoms with E-state index in [1.807, 2.05) is 38.0 Å². The molecule has 0 atom stereocenters. The fourth-order valence-corrected chi connectivity index (χ4v) is 3.18. The first-order valence-electron chi connectivity index (χ1n) is 7.65. The summed E-state index contributed by atoms with van der Waals surface area (Å²) in [6.07, 6.45) is 3.33. The van der Waals surface area contributed by atoms with Gasteiger partial charge in [0.1, 0.15) is 0 Å². The molecule has 0 aliphatic rings. The molecule has 7 heteroatoms. The number of hydrogen-bond donors (Lipinski definition) is 0. The van der Waals surface area contributed by atoms with Crippen LogP contribution < -0.4 is 0 Å². The van der Waals surface area contributed by atoms with Crippen molar-refractivity contribution >= 4 is 33.9 Å². The quantitative estimate of drug-likeness (QED) is 0.588. The van der Waals surface area contributed by atoms with Gasteiger partial charge in [0.25, 0.3) is 0 Å². The Morgan fingerprint density at radius 1 is 0.680 bits per heavy atom. The average molecular weight is 358 g/mol. The topological polar surface area (TPSA) is 65.3 Å². The fraction of sp³-hybridized carbons (Fsp3) is 0.222. The van der Waals surface area contributed by atoms with Gasteiger partial charge < -0.3 is 9.80 Å². The molecule has 0 bridgehead atoms. The molecule has 0 saturated heterocycles. The van der Waals surface area contributed by atoms with E-state index in [1.54, 1.807) is 61.2 Å². The molecule has 0 heterocycles. The second-order valence-corrected chi connectivity index (χ2v) is 7.86. The number of rotatable bonds is 6. The van der Waals surface area contributed by atoms with E-state index in [-0.39, 0.29) is 9.79 Å². The van der Waals surface area contributed by atoms with Gasteiger partial charge in [-0.2, -0.15) is 0 Å². The summed E-state index contributed by atoms with van der Waals surface area (Å²) >= 11 is 0. The lowest BCUT2D eigenvalue weighted by atomic mass is 10.3. The molecular formula is C18H22N4O2S. The largest absolute Gasteiger partial charge is 0.369 e. The number of sulfone groups is 1. The van der Waals surface area contributed by atoms with Crippen LogP contribution >= 0.6 is 0 Å². The molecule has 2 aromatic rings. The molecule has 25 heavy (non-hydrogen) atoms. The van der Waals surface area contributed by atoms with Gasteiger partial charge in [0, 0.05) is 28.2 Å². The van der Waals surface area contributed by atoms with E-state index >= 15 is 0 Å². The molecule has 0 unspecified atom stereocenters. The van der Waals surface area contributed by atoms with Crippen molar-refractivity contribution < 1.29 is 8.42 Å². The zero-order valence-electron chi connectivity index (χ0n) is 14.8. The van der Waals surface area contributed by atoms with E-state index in [0.717, 1.165) is 0 Å². The summed E-state index contributed by atoms with van der Waals surface area (Å²) in [7, 11) is 3.92. The summed E-state index contributed by atoms with van der Waals surface area (Å²) in [5.41, 5.74) is 1.39. The van der Waals surface area contributed by atoms with Crippen LogP contribution in [0.2, 0.25) is 0 Å². The van der Waals surface area contributed by atoms with Gasteiger partial charge >= 0.3 is 0 Å². The minimum Gasteiger partial charge on any atom is -0.369 e. The Hall–Kier alpha value is -2.67. The van der Waals surface area contributed by atoms with E-state index < -0.39 is 9.84 Å². The van der Waals surface area contributed by atoms with Crippen molar-refractivity contribution in [2.75, 3.05) is 28.2 Å². The molecule has 0 aliphatic heterocycles. The molecule has 0 fully saturated rings. The van der Waals surface area contributed by atoms with Crippen LogP contribution in [-0.2, 0) is 9.84 Å². The summed E-state index contributed by atoms with van der Waals surface area (Å²) in [4.78, 5) is 12.6. The molecule has 2 aromatic carbocycles. The highest BCUT2D eigenvalue weighted by Crippen LogP contribution is 2.25. The van der Waals surface area contributed by atoms with Gasteiger partial charge in [-0.1, -0.05) is 0 Å². The summed E-state index contributed by atoms with van der Waals surface area (Å²) in [5.74, 6) is 0. The van der Waals surface area contributed by atoms with Gasteiger partial charge in [0.2, 0.25) is 9.84 Å². The van der Waals surface area contributed by atoms with E-state index in [9.17, 15) is 8.42 Å². The summed E-state index contributed by atoms with van der Waals surface area (Å²) in [6, 6.07) is 13.0. The molecule has 6 nitrogen and oxygen atoms in total. The molecule has 0 N–H and O–H groups in total. The highest BCUT2D eigenvalue weighted by molar-refractivity contribution is 7.91. The maximum Gasteiger partial charge on any atom is 0.206 e. The highest BCUT2D eigenvalue weighted by atomic mass is 32.2. The van der Waals surface area contributed by atoms with Crippen LogP contribution in [0.3, 0.4) is 0 Å².